The molecule has 0 aromatic heterocycles. The Bertz CT molecular complexity index is 834. The maximum Gasteiger partial charge on any atom is 0.340 e. The molecule has 1 fully saturated rings. The maximum absolute atomic E-state index is 13.0. The smallest absolute Gasteiger partial charge is 0.340 e. The molecule has 0 N–H and O–H groups in total. The summed E-state index contributed by atoms with van der Waals surface area (Å²) in [5.41, 5.74) is 1.48. The summed E-state index contributed by atoms with van der Waals surface area (Å²) >= 11 is 0. The van der Waals surface area contributed by atoms with E-state index in [1.165, 1.54) is 31.4 Å². The van der Waals surface area contributed by atoms with Crippen molar-refractivity contribution < 1.29 is 24.0 Å². The Morgan fingerprint density at radius 3 is 2.67 bits per heavy atom. The number of carbonyl (C=O) groups is 2. The van der Waals surface area contributed by atoms with E-state index in [9.17, 15) is 19.7 Å². The Kier molecular flexibility index (Phi) is 5.36. The summed E-state index contributed by atoms with van der Waals surface area (Å²) in [6.45, 7) is 2.75. The van der Waals surface area contributed by atoms with Crippen LogP contribution in [0.3, 0.4) is 0 Å². The summed E-state index contributed by atoms with van der Waals surface area (Å²) in [6, 6.07) is 5.77. The first kappa shape index (κ1) is 18.8. The molecule has 1 atom stereocenters. The van der Waals surface area contributed by atoms with Crippen LogP contribution in [0.1, 0.15) is 25.3 Å². The van der Waals surface area contributed by atoms with Gasteiger partial charge in [-0.2, -0.15) is 0 Å². The fourth-order valence-corrected chi connectivity index (χ4v) is 3.30. The highest BCUT2D eigenvalue weighted by molar-refractivity contribution is 6.16. The molecule has 27 heavy (non-hydrogen) atoms. The number of methoxy groups -OCH3 is 1. The van der Waals surface area contributed by atoms with Crippen molar-refractivity contribution in [2.75, 3.05) is 20.3 Å². The summed E-state index contributed by atoms with van der Waals surface area (Å²) in [4.78, 5) is 37.1. The third kappa shape index (κ3) is 3.75. The zero-order chi connectivity index (χ0) is 19.6. The standard InChI is InChI=1S/C19H20N2O6/c1-12-17(19(23)26-2)16(10-13-5-7-14(8-6-13)21(24)25)18(22)20(12)11-15-4-3-9-27-15/h5-8,10,15H,3-4,9,11H2,1-2H3/b16-10-/t15-/m1/s1. The predicted octanol–water partition coefficient (Wildman–Crippen LogP) is 2.45. The van der Waals surface area contributed by atoms with Crippen molar-refractivity contribution in [3.63, 3.8) is 0 Å². The Balaban J connectivity index is 1.95. The lowest BCUT2D eigenvalue weighted by atomic mass is 10.0. The highest BCUT2D eigenvalue weighted by Crippen LogP contribution is 2.33. The highest BCUT2D eigenvalue weighted by atomic mass is 16.6. The Morgan fingerprint density at radius 2 is 2.11 bits per heavy atom. The Hall–Kier alpha value is -3.00. The van der Waals surface area contributed by atoms with Crippen LogP contribution < -0.4 is 0 Å². The number of nitro benzene ring substituents is 1. The molecule has 0 spiro atoms. The minimum absolute atomic E-state index is 0.0465. The van der Waals surface area contributed by atoms with Crippen molar-refractivity contribution in [3.8, 4) is 0 Å². The van der Waals surface area contributed by atoms with E-state index in [2.05, 4.69) is 0 Å². The SMILES string of the molecule is COC(=O)C1=C(C)N(C[C@H]2CCCO2)C(=O)/C1=C\c1ccc([N+](=O)[O-])cc1. The number of ether oxygens (including phenoxy) is 2. The molecule has 2 heterocycles. The molecule has 0 radical (unpaired) electrons. The fraction of sp³-hybridized carbons (Fsp3) is 0.368. The zero-order valence-electron chi connectivity index (χ0n) is 15.1. The van der Waals surface area contributed by atoms with E-state index in [0.29, 0.717) is 24.4 Å². The lowest BCUT2D eigenvalue weighted by molar-refractivity contribution is -0.384. The van der Waals surface area contributed by atoms with Crippen molar-refractivity contribution in [2.24, 2.45) is 0 Å². The molecule has 8 heteroatoms. The number of benzene rings is 1. The monoisotopic (exact) mass is 372 g/mol. The molecule has 0 bridgehead atoms. The Labute approximate surface area is 156 Å². The molecule has 2 aliphatic heterocycles. The van der Waals surface area contributed by atoms with Crippen molar-refractivity contribution in [3.05, 3.63) is 56.8 Å². The quantitative estimate of drug-likeness (QED) is 0.341. The minimum Gasteiger partial charge on any atom is -0.465 e. The van der Waals surface area contributed by atoms with Crippen molar-refractivity contribution >= 4 is 23.6 Å². The maximum atomic E-state index is 13.0. The van der Waals surface area contributed by atoms with Crippen molar-refractivity contribution in [1.29, 1.82) is 0 Å². The highest BCUT2D eigenvalue weighted by Gasteiger charge is 2.38. The predicted molar refractivity (Wildman–Crippen MR) is 96.5 cm³/mol. The second-order valence-electron chi connectivity index (χ2n) is 6.41. The van der Waals surface area contributed by atoms with Gasteiger partial charge in [0.1, 0.15) is 0 Å². The van der Waals surface area contributed by atoms with Crippen LogP contribution in [0.5, 0.6) is 0 Å². The van der Waals surface area contributed by atoms with Crippen LogP contribution in [0.4, 0.5) is 5.69 Å². The van der Waals surface area contributed by atoms with Gasteiger partial charge in [-0.1, -0.05) is 0 Å². The van der Waals surface area contributed by atoms with Gasteiger partial charge in [-0.25, -0.2) is 4.79 Å². The topological polar surface area (TPSA) is 99.0 Å². The molecule has 1 saturated heterocycles. The Morgan fingerprint density at radius 1 is 1.41 bits per heavy atom. The first-order chi connectivity index (χ1) is 12.9. The third-order valence-corrected chi connectivity index (χ3v) is 4.73. The van der Waals surface area contributed by atoms with Crippen LogP contribution in [0, 0.1) is 10.1 Å². The van der Waals surface area contributed by atoms with E-state index in [0.717, 1.165) is 12.8 Å². The molecule has 0 saturated carbocycles. The molecule has 2 aliphatic rings. The van der Waals surface area contributed by atoms with Crippen molar-refractivity contribution in [2.45, 2.75) is 25.9 Å². The van der Waals surface area contributed by atoms with Crippen molar-refractivity contribution in [1.82, 2.24) is 4.90 Å². The number of rotatable bonds is 5. The molecular formula is C19H20N2O6. The first-order valence-electron chi connectivity index (χ1n) is 8.61. The van der Waals surface area contributed by atoms with Gasteiger partial charge >= 0.3 is 5.97 Å². The van der Waals surface area contributed by atoms with E-state index >= 15 is 0 Å². The second kappa shape index (κ2) is 7.71. The van der Waals surface area contributed by atoms with E-state index in [1.54, 1.807) is 17.9 Å². The molecule has 0 unspecified atom stereocenters. The molecular weight excluding hydrogens is 352 g/mol. The average Bonchev–Trinajstić information content (AvgIpc) is 3.25. The van der Waals surface area contributed by atoms with Gasteiger partial charge < -0.3 is 14.4 Å². The fourth-order valence-electron chi connectivity index (χ4n) is 3.30. The number of allylic oxidation sites excluding steroid dienone is 1. The number of esters is 1. The number of hydrogen-bond acceptors (Lipinski definition) is 6. The summed E-state index contributed by atoms with van der Waals surface area (Å²) in [7, 11) is 1.26. The van der Waals surface area contributed by atoms with Gasteiger partial charge in [-0.3, -0.25) is 14.9 Å². The lowest BCUT2D eigenvalue weighted by Crippen LogP contribution is -2.33. The van der Waals surface area contributed by atoms with Gasteiger partial charge in [0, 0.05) is 24.4 Å². The summed E-state index contributed by atoms with van der Waals surface area (Å²) < 4.78 is 10.5. The van der Waals surface area contributed by atoms with Crippen LogP contribution in [0.15, 0.2) is 41.1 Å². The summed E-state index contributed by atoms with van der Waals surface area (Å²) in [5.74, 6) is -0.898. The van der Waals surface area contributed by atoms with Gasteiger partial charge in [-0.15, -0.1) is 0 Å². The number of amides is 1. The number of hydrogen-bond donors (Lipinski definition) is 0. The summed E-state index contributed by atoms with van der Waals surface area (Å²) in [6.07, 6.45) is 3.32. The zero-order valence-corrected chi connectivity index (χ0v) is 15.1. The molecule has 0 aliphatic carbocycles. The summed E-state index contributed by atoms with van der Waals surface area (Å²) in [5, 5.41) is 10.8. The number of carbonyl (C=O) groups excluding carboxylic acids is 2. The number of non-ortho nitro benzene ring substituents is 1. The average molecular weight is 372 g/mol. The van der Waals surface area contributed by atoms with Gasteiger partial charge in [0.15, 0.2) is 0 Å². The van der Waals surface area contributed by atoms with Crippen LogP contribution in [-0.2, 0) is 19.1 Å². The van der Waals surface area contributed by atoms with Gasteiger partial charge in [0.25, 0.3) is 11.6 Å². The van der Waals surface area contributed by atoms with Crippen LogP contribution in [-0.4, -0.2) is 48.1 Å². The second-order valence-corrected chi connectivity index (χ2v) is 6.41. The van der Waals surface area contributed by atoms with E-state index < -0.39 is 10.9 Å². The van der Waals surface area contributed by atoms with E-state index in [4.69, 9.17) is 9.47 Å². The molecule has 3 rings (SSSR count). The van der Waals surface area contributed by atoms with Crippen LogP contribution >= 0.6 is 0 Å². The van der Waals surface area contributed by atoms with Crippen LogP contribution in [0.25, 0.3) is 6.08 Å². The minimum atomic E-state index is -0.594. The molecule has 1 amide bonds. The van der Waals surface area contributed by atoms with Gasteiger partial charge in [0.05, 0.1) is 35.8 Å². The normalized spacial score (nSPS) is 21.3. The van der Waals surface area contributed by atoms with E-state index in [1.807, 2.05) is 0 Å². The number of nitro groups is 1. The van der Waals surface area contributed by atoms with E-state index in [-0.39, 0.29) is 28.8 Å². The molecule has 8 nitrogen and oxygen atoms in total. The first-order valence-corrected chi connectivity index (χ1v) is 8.61. The molecule has 142 valence electrons. The van der Waals surface area contributed by atoms with Crippen LogP contribution in [0.2, 0.25) is 0 Å². The number of nitrogens with zero attached hydrogens (tertiary/aromatic N) is 2. The third-order valence-electron chi connectivity index (χ3n) is 4.73. The largest absolute Gasteiger partial charge is 0.465 e. The molecule has 1 aromatic rings. The molecule has 1 aromatic carbocycles. The van der Waals surface area contributed by atoms with Gasteiger partial charge in [0.2, 0.25) is 0 Å². The lowest BCUT2D eigenvalue weighted by Gasteiger charge is -2.21. The van der Waals surface area contributed by atoms with Gasteiger partial charge in [-0.05, 0) is 43.5 Å².